The summed E-state index contributed by atoms with van der Waals surface area (Å²) in [5.74, 6) is 0.489. The highest BCUT2D eigenvalue weighted by atomic mass is 16.1. The van der Waals surface area contributed by atoms with Crippen molar-refractivity contribution in [3.63, 3.8) is 0 Å². The van der Waals surface area contributed by atoms with Gasteiger partial charge in [0.05, 0.1) is 0 Å². The molecule has 2 aromatic rings. The van der Waals surface area contributed by atoms with Crippen LogP contribution in [0.25, 0.3) is 10.9 Å². The van der Waals surface area contributed by atoms with Gasteiger partial charge in [-0.3, -0.25) is 4.79 Å². The van der Waals surface area contributed by atoms with Crippen LogP contribution >= 0.6 is 0 Å². The Morgan fingerprint density at radius 1 is 1.36 bits per heavy atom. The maximum atomic E-state index is 12.7. The van der Waals surface area contributed by atoms with Crippen LogP contribution in [0.3, 0.4) is 0 Å². The third-order valence-electron chi connectivity index (χ3n) is 4.38. The fourth-order valence-electron chi connectivity index (χ4n) is 3.43. The summed E-state index contributed by atoms with van der Waals surface area (Å²) in [4.78, 5) is 20.3. The quantitative estimate of drug-likeness (QED) is 0.897. The summed E-state index contributed by atoms with van der Waals surface area (Å²) < 4.78 is 0. The van der Waals surface area contributed by atoms with Gasteiger partial charge < -0.3 is 20.1 Å². The Balaban J connectivity index is 1.77. The standard InChI is InChI=1S/C17H24N4O/c1-20(2)9-12-10-21(3)11-16(12)19-17(22)14-5-4-6-15-13(14)7-8-18-15/h4-8,12,16,18H,9-11H2,1-3H3,(H,19,22)/t12-,16-/m1/s1. The SMILES string of the molecule is CN(C)C[C@@H]1CN(C)C[C@H]1NC(=O)c1cccc2[nH]ccc12. The van der Waals surface area contributed by atoms with Crippen LogP contribution < -0.4 is 5.32 Å². The van der Waals surface area contributed by atoms with Crippen molar-refractivity contribution in [3.05, 3.63) is 36.0 Å². The lowest BCUT2D eigenvalue weighted by molar-refractivity contribution is 0.0929. The van der Waals surface area contributed by atoms with E-state index in [2.05, 4.69) is 41.2 Å². The minimum atomic E-state index is 0.0225. The Morgan fingerprint density at radius 3 is 2.95 bits per heavy atom. The lowest BCUT2D eigenvalue weighted by Crippen LogP contribution is -2.43. The molecule has 2 atom stereocenters. The van der Waals surface area contributed by atoms with Gasteiger partial charge in [-0.25, -0.2) is 0 Å². The molecule has 1 aromatic carbocycles. The summed E-state index contributed by atoms with van der Waals surface area (Å²) in [5, 5.41) is 4.22. The van der Waals surface area contributed by atoms with Crippen molar-refractivity contribution in [1.29, 1.82) is 0 Å². The molecule has 1 amide bonds. The largest absolute Gasteiger partial charge is 0.361 e. The van der Waals surface area contributed by atoms with E-state index in [4.69, 9.17) is 0 Å². The highest BCUT2D eigenvalue weighted by Crippen LogP contribution is 2.20. The van der Waals surface area contributed by atoms with Gasteiger partial charge in [-0.1, -0.05) is 6.07 Å². The van der Waals surface area contributed by atoms with Crippen molar-refractivity contribution in [2.75, 3.05) is 40.8 Å². The Bertz CT molecular complexity index is 663. The number of hydrogen-bond donors (Lipinski definition) is 2. The number of likely N-dealkylation sites (N-methyl/N-ethyl adjacent to an activating group) is 1. The molecule has 118 valence electrons. The molecule has 5 heteroatoms. The second-order valence-electron chi connectivity index (χ2n) is 6.57. The summed E-state index contributed by atoms with van der Waals surface area (Å²) >= 11 is 0. The molecule has 1 saturated heterocycles. The molecule has 0 radical (unpaired) electrons. The molecule has 3 rings (SSSR count). The molecule has 0 spiro atoms. The molecule has 2 N–H and O–H groups in total. The third-order valence-corrected chi connectivity index (χ3v) is 4.38. The number of fused-ring (bicyclic) bond motifs is 1. The number of aromatic nitrogens is 1. The second-order valence-corrected chi connectivity index (χ2v) is 6.57. The molecule has 1 aliphatic rings. The lowest BCUT2D eigenvalue weighted by Gasteiger charge is -2.23. The van der Waals surface area contributed by atoms with Crippen molar-refractivity contribution >= 4 is 16.8 Å². The first-order chi connectivity index (χ1) is 10.5. The number of rotatable bonds is 4. The van der Waals surface area contributed by atoms with E-state index in [0.29, 0.717) is 5.92 Å². The van der Waals surface area contributed by atoms with Crippen molar-refractivity contribution in [2.24, 2.45) is 5.92 Å². The van der Waals surface area contributed by atoms with Crippen LogP contribution in [0.15, 0.2) is 30.5 Å². The van der Waals surface area contributed by atoms with Crippen molar-refractivity contribution in [2.45, 2.75) is 6.04 Å². The average Bonchev–Trinajstić information content (AvgIpc) is 3.04. The number of benzene rings is 1. The summed E-state index contributed by atoms with van der Waals surface area (Å²) in [6.07, 6.45) is 1.87. The predicted molar refractivity (Wildman–Crippen MR) is 89.1 cm³/mol. The third kappa shape index (κ3) is 3.00. The summed E-state index contributed by atoms with van der Waals surface area (Å²) in [7, 11) is 6.27. The van der Waals surface area contributed by atoms with E-state index in [-0.39, 0.29) is 11.9 Å². The van der Waals surface area contributed by atoms with Gasteiger partial charge in [0.15, 0.2) is 0 Å². The highest BCUT2D eigenvalue weighted by Gasteiger charge is 2.32. The van der Waals surface area contributed by atoms with E-state index in [1.165, 1.54) is 0 Å². The number of aromatic amines is 1. The first-order valence-corrected chi connectivity index (χ1v) is 7.75. The average molecular weight is 300 g/mol. The van der Waals surface area contributed by atoms with Gasteiger partial charge in [-0.2, -0.15) is 0 Å². The first kappa shape index (κ1) is 15.1. The zero-order chi connectivity index (χ0) is 15.7. The van der Waals surface area contributed by atoms with Crippen LogP contribution in [0.1, 0.15) is 10.4 Å². The number of nitrogens with zero attached hydrogens (tertiary/aromatic N) is 2. The highest BCUT2D eigenvalue weighted by molar-refractivity contribution is 6.06. The first-order valence-electron chi connectivity index (χ1n) is 7.75. The number of nitrogens with one attached hydrogen (secondary N) is 2. The number of H-pyrrole nitrogens is 1. The molecule has 1 aliphatic heterocycles. The van der Waals surface area contributed by atoms with Gasteiger partial charge in [-0.05, 0) is 39.3 Å². The molecule has 1 fully saturated rings. The number of likely N-dealkylation sites (tertiary alicyclic amines) is 1. The van der Waals surface area contributed by atoms with Gasteiger partial charge in [0.1, 0.15) is 0 Å². The number of hydrogen-bond acceptors (Lipinski definition) is 3. The maximum absolute atomic E-state index is 12.7. The van der Waals surface area contributed by atoms with Crippen LogP contribution in [0, 0.1) is 5.92 Å². The molecule has 2 heterocycles. The molecule has 0 unspecified atom stereocenters. The fourth-order valence-corrected chi connectivity index (χ4v) is 3.43. The molecule has 0 aliphatic carbocycles. The van der Waals surface area contributed by atoms with E-state index >= 15 is 0 Å². The molecular formula is C17H24N4O. The smallest absolute Gasteiger partial charge is 0.252 e. The number of carbonyl (C=O) groups excluding carboxylic acids is 1. The zero-order valence-electron chi connectivity index (χ0n) is 13.5. The topological polar surface area (TPSA) is 51.4 Å². The van der Waals surface area contributed by atoms with Crippen molar-refractivity contribution in [1.82, 2.24) is 20.1 Å². The van der Waals surface area contributed by atoms with Crippen molar-refractivity contribution < 1.29 is 4.79 Å². The Hall–Kier alpha value is -1.85. The van der Waals surface area contributed by atoms with E-state index < -0.39 is 0 Å². The van der Waals surface area contributed by atoms with Crippen molar-refractivity contribution in [3.8, 4) is 0 Å². The van der Waals surface area contributed by atoms with Crippen LogP contribution in [-0.4, -0.2) is 67.5 Å². The number of amides is 1. The second kappa shape index (κ2) is 6.10. The van der Waals surface area contributed by atoms with Gasteiger partial charge in [0.2, 0.25) is 0 Å². The monoisotopic (exact) mass is 300 g/mol. The molecule has 1 aromatic heterocycles. The van der Waals surface area contributed by atoms with Crippen LogP contribution in [0.2, 0.25) is 0 Å². The van der Waals surface area contributed by atoms with E-state index in [1.54, 1.807) is 0 Å². The fraction of sp³-hybridized carbons (Fsp3) is 0.471. The van der Waals surface area contributed by atoms with E-state index in [0.717, 1.165) is 36.1 Å². The van der Waals surface area contributed by atoms with Gasteiger partial charge in [0.25, 0.3) is 5.91 Å². The minimum absolute atomic E-state index is 0.0225. The Kier molecular flexibility index (Phi) is 4.18. The van der Waals surface area contributed by atoms with Crippen LogP contribution in [0.5, 0.6) is 0 Å². The predicted octanol–water partition coefficient (Wildman–Crippen LogP) is 1.39. The molecule has 5 nitrogen and oxygen atoms in total. The van der Waals surface area contributed by atoms with E-state index in [9.17, 15) is 4.79 Å². The number of carbonyl (C=O) groups is 1. The maximum Gasteiger partial charge on any atom is 0.252 e. The van der Waals surface area contributed by atoms with Gasteiger partial charge in [-0.15, -0.1) is 0 Å². The Morgan fingerprint density at radius 2 is 2.18 bits per heavy atom. The normalized spacial score (nSPS) is 22.5. The molecule has 0 bridgehead atoms. The molecule has 0 saturated carbocycles. The van der Waals surface area contributed by atoms with Crippen LogP contribution in [0.4, 0.5) is 0 Å². The van der Waals surface area contributed by atoms with Crippen LogP contribution in [-0.2, 0) is 0 Å². The molecule has 22 heavy (non-hydrogen) atoms. The van der Waals surface area contributed by atoms with E-state index in [1.807, 2.05) is 30.5 Å². The summed E-state index contributed by atoms with van der Waals surface area (Å²) in [6.45, 7) is 2.93. The van der Waals surface area contributed by atoms with Gasteiger partial charge >= 0.3 is 0 Å². The van der Waals surface area contributed by atoms with Gasteiger partial charge in [0, 0.05) is 54.3 Å². The Labute approximate surface area is 131 Å². The summed E-state index contributed by atoms with van der Waals surface area (Å²) in [5.41, 5.74) is 1.75. The summed E-state index contributed by atoms with van der Waals surface area (Å²) in [6, 6.07) is 7.97. The lowest BCUT2D eigenvalue weighted by atomic mass is 10.0. The molecular weight excluding hydrogens is 276 g/mol. The minimum Gasteiger partial charge on any atom is -0.361 e. The zero-order valence-corrected chi connectivity index (χ0v) is 13.5.